The molecule has 1 aromatic carbocycles. The van der Waals surface area contributed by atoms with E-state index in [-0.39, 0.29) is 0 Å². The molecule has 1 aromatic rings. The van der Waals surface area contributed by atoms with Crippen LogP contribution in [0.25, 0.3) is 0 Å². The van der Waals surface area contributed by atoms with E-state index in [0.29, 0.717) is 16.8 Å². The molecule has 0 amide bonds. The van der Waals surface area contributed by atoms with Gasteiger partial charge in [0, 0.05) is 42.8 Å². The Kier molecular flexibility index (Phi) is 4.49. The van der Waals surface area contributed by atoms with E-state index in [2.05, 4.69) is 23.6 Å². The van der Waals surface area contributed by atoms with Crippen LogP contribution in [-0.4, -0.2) is 47.1 Å². The van der Waals surface area contributed by atoms with E-state index in [1.54, 1.807) is 12.1 Å². The number of hydrogen-bond acceptors (Lipinski definition) is 3. The minimum absolute atomic E-state index is 0.338. The van der Waals surface area contributed by atoms with E-state index >= 15 is 0 Å². The number of aromatic hydroxyl groups is 1. The van der Waals surface area contributed by atoms with Crippen LogP contribution in [0.1, 0.15) is 19.4 Å². The molecule has 1 aliphatic rings. The Morgan fingerprint density at radius 2 is 2.17 bits per heavy atom. The summed E-state index contributed by atoms with van der Waals surface area (Å²) in [4.78, 5) is 4.86. The highest BCUT2D eigenvalue weighted by Gasteiger charge is 2.22. The second-order valence-electron chi connectivity index (χ2n) is 4.99. The van der Waals surface area contributed by atoms with Crippen LogP contribution in [0.5, 0.6) is 5.75 Å². The van der Waals surface area contributed by atoms with Crippen LogP contribution < -0.4 is 0 Å². The van der Waals surface area contributed by atoms with E-state index < -0.39 is 0 Å². The molecule has 0 aromatic heterocycles. The lowest BCUT2D eigenvalue weighted by molar-refractivity contribution is 0.0829. The lowest BCUT2D eigenvalue weighted by atomic mass is 10.1. The Morgan fingerprint density at radius 1 is 1.39 bits per heavy atom. The van der Waals surface area contributed by atoms with Crippen LogP contribution in [0.3, 0.4) is 0 Å². The molecule has 1 aliphatic heterocycles. The van der Waals surface area contributed by atoms with E-state index in [1.807, 2.05) is 6.07 Å². The molecule has 3 nitrogen and oxygen atoms in total. The molecular formula is C14H21ClN2O. The van der Waals surface area contributed by atoms with Gasteiger partial charge in [0.1, 0.15) is 5.75 Å². The smallest absolute Gasteiger partial charge is 0.120 e. The zero-order valence-electron chi connectivity index (χ0n) is 11.1. The first-order valence-corrected chi connectivity index (χ1v) is 6.91. The quantitative estimate of drug-likeness (QED) is 0.913. The molecule has 1 fully saturated rings. The van der Waals surface area contributed by atoms with E-state index in [9.17, 15) is 5.11 Å². The molecule has 0 spiro atoms. The fourth-order valence-corrected chi connectivity index (χ4v) is 2.80. The number of nitrogens with zero attached hydrogens (tertiary/aromatic N) is 2. The van der Waals surface area contributed by atoms with Gasteiger partial charge in [-0.05, 0) is 31.7 Å². The van der Waals surface area contributed by atoms with Gasteiger partial charge in [0.25, 0.3) is 0 Å². The lowest BCUT2D eigenvalue weighted by Gasteiger charge is -2.39. The van der Waals surface area contributed by atoms with Gasteiger partial charge in [0.2, 0.25) is 0 Å². The molecule has 100 valence electrons. The monoisotopic (exact) mass is 268 g/mol. The van der Waals surface area contributed by atoms with Crippen LogP contribution in [0.4, 0.5) is 0 Å². The summed E-state index contributed by atoms with van der Waals surface area (Å²) in [5.41, 5.74) is 0.916. The lowest BCUT2D eigenvalue weighted by Crippen LogP contribution is -2.51. The van der Waals surface area contributed by atoms with Crippen molar-refractivity contribution in [3.8, 4) is 5.75 Å². The summed E-state index contributed by atoms with van der Waals surface area (Å²) in [5.74, 6) is 0.338. The fraction of sp³-hybridized carbons (Fsp3) is 0.571. The number of rotatable bonds is 3. The minimum atomic E-state index is 0.338. The average Bonchev–Trinajstić information content (AvgIpc) is 2.34. The van der Waals surface area contributed by atoms with Crippen molar-refractivity contribution in [2.45, 2.75) is 26.4 Å². The number of benzene rings is 1. The Balaban J connectivity index is 2.00. The molecule has 1 N–H and O–H groups in total. The van der Waals surface area contributed by atoms with Crippen molar-refractivity contribution >= 4 is 11.6 Å². The van der Waals surface area contributed by atoms with Crippen LogP contribution >= 0.6 is 11.6 Å². The van der Waals surface area contributed by atoms with Gasteiger partial charge in [0.05, 0.1) is 0 Å². The summed E-state index contributed by atoms with van der Waals surface area (Å²) in [6.07, 6.45) is 0. The number of hydrogen-bond donors (Lipinski definition) is 1. The van der Waals surface area contributed by atoms with Gasteiger partial charge in [-0.15, -0.1) is 0 Å². The second kappa shape index (κ2) is 5.91. The topological polar surface area (TPSA) is 26.7 Å². The van der Waals surface area contributed by atoms with Crippen LogP contribution in [0.2, 0.25) is 5.02 Å². The molecule has 2 rings (SSSR count). The third-order valence-electron chi connectivity index (χ3n) is 3.69. The first-order chi connectivity index (χ1) is 8.60. The van der Waals surface area contributed by atoms with Crippen molar-refractivity contribution in [2.24, 2.45) is 0 Å². The van der Waals surface area contributed by atoms with Crippen molar-refractivity contribution in [3.63, 3.8) is 0 Å². The molecule has 0 saturated carbocycles. The van der Waals surface area contributed by atoms with Crippen LogP contribution in [0.15, 0.2) is 18.2 Å². The van der Waals surface area contributed by atoms with Crippen molar-refractivity contribution in [1.29, 1.82) is 0 Å². The molecule has 1 saturated heterocycles. The zero-order chi connectivity index (χ0) is 13.1. The number of phenols is 1. The third-order valence-corrected chi connectivity index (χ3v) is 3.93. The summed E-state index contributed by atoms with van der Waals surface area (Å²) in [5, 5.41) is 10.5. The molecule has 0 bridgehead atoms. The minimum Gasteiger partial charge on any atom is -0.508 e. The SMILES string of the molecule is CCN1CCN(Cc2cc(Cl)ccc2O)CC1C. The first kappa shape index (κ1) is 13.7. The van der Waals surface area contributed by atoms with E-state index in [1.165, 1.54) is 0 Å². The predicted octanol–water partition coefficient (Wildman–Crippen LogP) is 2.57. The van der Waals surface area contributed by atoms with E-state index in [4.69, 9.17) is 11.6 Å². The van der Waals surface area contributed by atoms with Gasteiger partial charge >= 0.3 is 0 Å². The molecular weight excluding hydrogens is 248 g/mol. The summed E-state index contributed by atoms with van der Waals surface area (Å²) < 4.78 is 0. The summed E-state index contributed by atoms with van der Waals surface area (Å²) >= 11 is 5.97. The van der Waals surface area contributed by atoms with E-state index in [0.717, 1.165) is 38.3 Å². The van der Waals surface area contributed by atoms with Gasteiger partial charge in [-0.1, -0.05) is 18.5 Å². The van der Waals surface area contributed by atoms with Gasteiger partial charge in [-0.25, -0.2) is 0 Å². The van der Waals surface area contributed by atoms with Crippen LogP contribution in [-0.2, 0) is 6.54 Å². The zero-order valence-corrected chi connectivity index (χ0v) is 11.8. The highest BCUT2D eigenvalue weighted by atomic mass is 35.5. The molecule has 1 heterocycles. The summed E-state index contributed by atoms with van der Waals surface area (Å²) in [7, 11) is 0. The predicted molar refractivity (Wildman–Crippen MR) is 75.1 cm³/mol. The van der Waals surface area contributed by atoms with Crippen molar-refractivity contribution in [3.05, 3.63) is 28.8 Å². The van der Waals surface area contributed by atoms with Gasteiger partial charge in [0.15, 0.2) is 0 Å². The molecule has 0 radical (unpaired) electrons. The maximum Gasteiger partial charge on any atom is 0.120 e. The maximum atomic E-state index is 9.83. The molecule has 0 aliphatic carbocycles. The molecule has 18 heavy (non-hydrogen) atoms. The number of likely N-dealkylation sites (N-methyl/N-ethyl adjacent to an activating group) is 1. The highest BCUT2D eigenvalue weighted by Crippen LogP contribution is 2.23. The Hall–Kier alpha value is -0.770. The molecule has 1 atom stereocenters. The standard InChI is InChI=1S/C14H21ClN2O/c1-3-17-7-6-16(9-11(17)2)10-12-8-13(15)4-5-14(12)18/h4-5,8,11,18H,3,6-7,9-10H2,1-2H3. The van der Waals surface area contributed by atoms with Crippen molar-refractivity contribution in [1.82, 2.24) is 9.80 Å². The van der Waals surface area contributed by atoms with Crippen molar-refractivity contribution < 1.29 is 5.11 Å². The Labute approximate surface area is 114 Å². The van der Waals surface area contributed by atoms with Gasteiger partial charge < -0.3 is 5.11 Å². The second-order valence-corrected chi connectivity index (χ2v) is 5.42. The Bertz CT molecular complexity index is 411. The summed E-state index contributed by atoms with van der Waals surface area (Å²) in [6.45, 7) is 9.52. The van der Waals surface area contributed by atoms with Crippen LogP contribution in [0, 0.1) is 0 Å². The Morgan fingerprint density at radius 3 is 2.83 bits per heavy atom. The highest BCUT2D eigenvalue weighted by molar-refractivity contribution is 6.30. The van der Waals surface area contributed by atoms with Crippen molar-refractivity contribution in [2.75, 3.05) is 26.2 Å². The molecule has 4 heteroatoms. The van der Waals surface area contributed by atoms with Gasteiger partial charge in [-0.3, -0.25) is 9.80 Å². The maximum absolute atomic E-state index is 9.83. The normalized spacial score (nSPS) is 22.3. The molecule has 1 unspecified atom stereocenters. The summed E-state index contributed by atoms with van der Waals surface area (Å²) in [6, 6.07) is 5.82. The van der Waals surface area contributed by atoms with Gasteiger partial charge in [-0.2, -0.15) is 0 Å². The number of phenolic OH excluding ortho intramolecular Hbond substituents is 1. The third kappa shape index (κ3) is 3.16. The fourth-order valence-electron chi connectivity index (χ4n) is 2.61. The number of piperazine rings is 1. The number of halogens is 1. The first-order valence-electron chi connectivity index (χ1n) is 6.54. The largest absolute Gasteiger partial charge is 0.508 e. The average molecular weight is 269 g/mol.